The van der Waals surface area contributed by atoms with Gasteiger partial charge in [-0.05, 0) is 23.8 Å². The first-order chi connectivity index (χ1) is 14.6. The lowest BCUT2D eigenvalue weighted by Crippen LogP contribution is -2.20. The number of hydrogen-bond acceptors (Lipinski definition) is 6. The number of rotatable bonds is 5. The molecule has 0 aliphatic carbocycles. The number of fused-ring (bicyclic) bond motifs is 1. The highest BCUT2D eigenvalue weighted by molar-refractivity contribution is 7.99. The van der Waals surface area contributed by atoms with Gasteiger partial charge in [-0.15, -0.1) is 11.3 Å². The largest absolute Gasteiger partial charge is 0.324 e. The van der Waals surface area contributed by atoms with Crippen LogP contribution in [0.5, 0.6) is 0 Å². The van der Waals surface area contributed by atoms with E-state index in [-0.39, 0.29) is 17.2 Å². The summed E-state index contributed by atoms with van der Waals surface area (Å²) >= 11 is 2.60. The molecule has 0 atom stereocenters. The molecule has 4 rings (SSSR count). The highest BCUT2D eigenvalue weighted by Gasteiger charge is 2.15. The lowest BCUT2D eigenvalue weighted by molar-refractivity contribution is -0.113. The van der Waals surface area contributed by atoms with E-state index in [1.165, 1.54) is 27.7 Å². The van der Waals surface area contributed by atoms with Crippen molar-refractivity contribution in [3.05, 3.63) is 76.6 Å². The van der Waals surface area contributed by atoms with Crippen LogP contribution < -0.4 is 10.9 Å². The van der Waals surface area contributed by atoms with Crippen LogP contribution in [0.4, 0.5) is 5.69 Å². The summed E-state index contributed by atoms with van der Waals surface area (Å²) < 4.78 is 2.06. The van der Waals surface area contributed by atoms with Gasteiger partial charge >= 0.3 is 0 Å². The molecule has 2 aromatic heterocycles. The summed E-state index contributed by atoms with van der Waals surface area (Å²) in [6, 6.07) is 20.6. The monoisotopic (exact) mass is 432 g/mol. The molecule has 6 nitrogen and oxygen atoms in total. The van der Waals surface area contributed by atoms with Crippen molar-refractivity contribution in [3.63, 3.8) is 0 Å². The van der Waals surface area contributed by atoms with E-state index in [0.29, 0.717) is 26.6 Å². The quantitative estimate of drug-likeness (QED) is 0.376. The number of nitrogens with zero attached hydrogens (tertiary/aromatic N) is 3. The maximum Gasteiger partial charge on any atom is 0.271 e. The smallest absolute Gasteiger partial charge is 0.271 e. The molecule has 1 N–H and O–H groups in total. The van der Waals surface area contributed by atoms with E-state index in [1.54, 1.807) is 31.3 Å². The SMILES string of the molecule is Cn1c(SCC(=O)Nc2ccccc2C#N)nc2cc(-c3ccccc3)sc2c1=O. The first-order valence-corrected chi connectivity index (χ1v) is 10.8. The molecule has 0 spiro atoms. The Morgan fingerprint density at radius 3 is 2.70 bits per heavy atom. The molecule has 30 heavy (non-hydrogen) atoms. The van der Waals surface area contributed by atoms with E-state index in [1.807, 2.05) is 42.5 Å². The Bertz CT molecular complexity index is 1340. The summed E-state index contributed by atoms with van der Waals surface area (Å²) in [5, 5.41) is 12.3. The Kier molecular flexibility index (Phi) is 5.65. The van der Waals surface area contributed by atoms with Crippen LogP contribution in [0.2, 0.25) is 0 Å². The van der Waals surface area contributed by atoms with E-state index in [4.69, 9.17) is 5.26 Å². The molecule has 2 heterocycles. The van der Waals surface area contributed by atoms with Crippen LogP contribution in [-0.4, -0.2) is 21.2 Å². The van der Waals surface area contributed by atoms with E-state index in [0.717, 1.165) is 10.4 Å². The molecular weight excluding hydrogens is 416 g/mol. The number of nitrogens with one attached hydrogen (secondary N) is 1. The maximum atomic E-state index is 12.8. The lowest BCUT2D eigenvalue weighted by Gasteiger charge is -2.08. The molecule has 4 aromatic rings. The average Bonchev–Trinajstić information content (AvgIpc) is 3.20. The van der Waals surface area contributed by atoms with Crippen molar-refractivity contribution < 1.29 is 4.79 Å². The van der Waals surface area contributed by atoms with Crippen molar-refractivity contribution in [1.82, 2.24) is 9.55 Å². The predicted molar refractivity (Wildman–Crippen MR) is 121 cm³/mol. The second-order valence-electron chi connectivity index (χ2n) is 6.44. The van der Waals surface area contributed by atoms with Gasteiger partial charge in [-0.1, -0.05) is 54.2 Å². The number of thiophene rings is 1. The van der Waals surface area contributed by atoms with Crippen LogP contribution in [-0.2, 0) is 11.8 Å². The summed E-state index contributed by atoms with van der Waals surface area (Å²) in [4.78, 5) is 30.7. The third-order valence-electron chi connectivity index (χ3n) is 4.43. The van der Waals surface area contributed by atoms with Gasteiger partial charge in [0.05, 0.1) is 22.5 Å². The second-order valence-corrected chi connectivity index (χ2v) is 8.44. The first-order valence-electron chi connectivity index (χ1n) is 9.04. The molecular formula is C22H16N4O2S2. The number of benzene rings is 2. The van der Waals surface area contributed by atoms with Gasteiger partial charge in [-0.2, -0.15) is 5.26 Å². The number of amides is 1. The van der Waals surface area contributed by atoms with Crippen molar-refractivity contribution >= 4 is 44.9 Å². The molecule has 0 aliphatic heterocycles. The molecule has 2 aromatic carbocycles. The lowest BCUT2D eigenvalue weighted by atomic mass is 10.2. The zero-order chi connectivity index (χ0) is 21.1. The molecule has 0 unspecified atom stereocenters. The molecule has 0 saturated carbocycles. The zero-order valence-electron chi connectivity index (χ0n) is 16.0. The van der Waals surface area contributed by atoms with Crippen molar-refractivity contribution in [2.24, 2.45) is 7.05 Å². The molecule has 0 saturated heterocycles. The van der Waals surface area contributed by atoms with Gasteiger partial charge in [0, 0.05) is 11.9 Å². The summed E-state index contributed by atoms with van der Waals surface area (Å²) in [7, 11) is 1.65. The van der Waals surface area contributed by atoms with Gasteiger partial charge in [-0.25, -0.2) is 4.98 Å². The number of para-hydroxylation sites is 1. The van der Waals surface area contributed by atoms with Crippen molar-refractivity contribution in [1.29, 1.82) is 5.26 Å². The Morgan fingerprint density at radius 2 is 1.93 bits per heavy atom. The Morgan fingerprint density at radius 1 is 1.20 bits per heavy atom. The minimum Gasteiger partial charge on any atom is -0.324 e. The third kappa shape index (κ3) is 3.99. The number of carbonyl (C=O) groups is 1. The van der Waals surface area contributed by atoms with E-state index in [9.17, 15) is 9.59 Å². The average molecular weight is 433 g/mol. The fraction of sp³-hybridized carbons (Fsp3) is 0.0909. The zero-order valence-corrected chi connectivity index (χ0v) is 17.6. The van der Waals surface area contributed by atoms with E-state index < -0.39 is 0 Å². The topological polar surface area (TPSA) is 87.8 Å². The first kappa shape index (κ1) is 19.9. The minimum absolute atomic E-state index is 0.0707. The Labute approximate surface area is 180 Å². The van der Waals surface area contributed by atoms with Crippen molar-refractivity contribution in [2.45, 2.75) is 5.16 Å². The fourth-order valence-electron chi connectivity index (χ4n) is 2.91. The van der Waals surface area contributed by atoms with Crippen molar-refractivity contribution in [3.8, 4) is 16.5 Å². The molecule has 0 bridgehead atoms. The molecule has 0 fully saturated rings. The Hall–Kier alpha value is -3.41. The second kappa shape index (κ2) is 8.53. The van der Waals surface area contributed by atoms with Gasteiger partial charge < -0.3 is 5.32 Å². The van der Waals surface area contributed by atoms with Crippen LogP contribution in [0.1, 0.15) is 5.56 Å². The van der Waals surface area contributed by atoms with Crippen LogP contribution >= 0.6 is 23.1 Å². The van der Waals surface area contributed by atoms with Gasteiger partial charge in [0.15, 0.2) is 5.16 Å². The molecule has 1 amide bonds. The van der Waals surface area contributed by atoms with Crippen LogP contribution in [0, 0.1) is 11.3 Å². The molecule has 8 heteroatoms. The number of thioether (sulfide) groups is 1. The molecule has 148 valence electrons. The fourth-order valence-corrected chi connectivity index (χ4v) is 4.76. The standard InChI is InChI=1S/C22H16N4O2S2/c1-26-21(28)20-17(11-18(30-20)14-7-3-2-4-8-14)25-22(26)29-13-19(27)24-16-10-6-5-9-15(16)12-23/h2-11H,13H2,1H3,(H,24,27). The number of carbonyl (C=O) groups excluding carboxylic acids is 1. The number of nitriles is 1. The molecule has 0 aliphatic rings. The number of anilines is 1. The van der Waals surface area contributed by atoms with E-state index >= 15 is 0 Å². The third-order valence-corrected chi connectivity index (χ3v) is 6.62. The van der Waals surface area contributed by atoms with Gasteiger partial charge in [-0.3, -0.25) is 14.2 Å². The molecule has 0 radical (unpaired) electrons. The summed E-state index contributed by atoms with van der Waals surface area (Å²) in [5.74, 6) is -0.200. The normalized spacial score (nSPS) is 10.7. The number of hydrogen-bond donors (Lipinski definition) is 1. The van der Waals surface area contributed by atoms with Gasteiger partial charge in [0.1, 0.15) is 10.8 Å². The van der Waals surface area contributed by atoms with Crippen LogP contribution in [0.3, 0.4) is 0 Å². The highest BCUT2D eigenvalue weighted by Crippen LogP contribution is 2.31. The maximum absolute atomic E-state index is 12.8. The number of aromatic nitrogens is 2. The summed E-state index contributed by atoms with van der Waals surface area (Å²) in [5.41, 5.74) is 2.39. The van der Waals surface area contributed by atoms with Crippen LogP contribution in [0.15, 0.2) is 70.6 Å². The van der Waals surface area contributed by atoms with Crippen molar-refractivity contribution in [2.75, 3.05) is 11.1 Å². The predicted octanol–water partition coefficient (Wildman–Crippen LogP) is 4.26. The van der Waals surface area contributed by atoms with Crippen LogP contribution in [0.25, 0.3) is 20.7 Å². The van der Waals surface area contributed by atoms with Gasteiger partial charge in [0.25, 0.3) is 5.56 Å². The summed E-state index contributed by atoms with van der Waals surface area (Å²) in [6.07, 6.45) is 0. The van der Waals surface area contributed by atoms with E-state index in [2.05, 4.69) is 10.3 Å². The minimum atomic E-state index is -0.271. The summed E-state index contributed by atoms with van der Waals surface area (Å²) in [6.45, 7) is 0. The van der Waals surface area contributed by atoms with Gasteiger partial charge in [0.2, 0.25) is 5.91 Å². The highest BCUT2D eigenvalue weighted by atomic mass is 32.2. The Balaban J connectivity index is 1.56.